The van der Waals surface area contributed by atoms with Gasteiger partial charge in [-0.2, -0.15) is 0 Å². The number of nitrogens with zero attached hydrogens (tertiary/aromatic N) is 2. The Balaban J connectivity index is 1.75. The van der Waals surface area contributed by atoms with Gasteiger partial charge in [0.25, 0.3) is 0 Å². The maximum atomic E-state index is 13.2. The molecule has 0 spiro atoms. The molecule has 0 atom stereocenters. The third-order valence-corrected chi connectivity index (χ3v) is 4.75. The van der Waals surface area contributed by atoms with Crippen LogP contribution in [0, 0.1) is 5.82 Å². The second-order valence-corrected chi connectivity index (χ2v) is 6.43. The zero-order valence-electron chi connectivity index (χ0n) is 13.5. The van der Waals surface area contributed by atoms with Gasteiger partial charge in [-0.15, -0.1) is 10.2 Å². The summed E-state index contributed by atoms with van der Waals surface area (Å²) in [4.78, 5) is 0. The molecular weight excluding hydrogens is 301 g/mol. The fourth-order valence-electron chi connectivity index (χ4n) is 3.47. The van der Waals surface area contributed by atoms with Crippen molar-refractivity contribution in [3.8, 4) is 11.3 Å². The first kappa shape index (κ1) is 15.1. The van der Waals surface area contributed by atoms with Crippen molar-refractivity contribution < 1.29 is 4.39 Å². The summed E-state index contributed by atoms with van der Waals surface area (Å²) >= 11 is 0. The van der Waals surface area contributed by atoms with Gasteiger partial charge in [-0.05, 0) is 37.1 Å². The van der Waals surface area contributed by atoms with Gasteiger partial charge in [-0.3, -0.25) is 0 Å². The molecule has 1 aliphatic carbocycles. The molecule has 1 fully saturated rings. The van der Waals surface area contributed by atoms with Crippen LogP contribution in [0.25, 0.3) is 22.0 Å². The van der Waals surface area contributed by atoms with E-state index in [0.717, 1.165) is 27.8 Å². The van der Waals surface area contributed by atoms with Gasteiger partial charge in [-0.25, -0.2) is 4.39 Å². The predicted molar refractivity (Wildman–Crippen MR) is 95.4 cm³/mol. The van der Waals surface area contributed by atoms with Crippen LogP contribution in [-0.4, -0.2) is 16.2 Å². The number of fused-ring (bicyclic) bond motifs is 1. The van der Waals surface area contributed by atoms with Crippen molar-refractivity contribution in [3.05, 3.63) is 54.3 Å². The average molecular weight is 321 g/mol. The van der Waals surface area contributed by atoms with E-state index in [2.05, 4.69) is 27.6 Å². The van der Waals surface area contributed by atoms with E-state index in [0.29, 0.717) is 6.04 Å². The number of benzene rings is 2. The molecule has 1 heterocycles. The third kappa shape index (κ3) is 2.96. The molecule has 0 unspecified atom stereocenters. The molecular formula is C20H20FN3. The number of hydrogen-bond acceptors (Lipinski definition) is 3. The van der Waals surface area contributed by atoms with E-state index < -0.39 is 0 Å². The van der Waals surface area contributed by atoms with E-state index in [-0.39, 0.29) is 5.82 Å². The van der Waals surface area contributed by atoms with Crippen molar-refractivity contribution in [1.29, 1.82) is 0 Å². The summed E-state index contributed by atoms with van der Waals surface area (Å²) in [6.07, 6.45) is 6.26. The van der Waals surface area contributed by atoms with Gasteiger partial charge in [0.1, 0.15) is 11.5 Å². The normalized spacial score (nSPS) is 15.5. The van der Waals surface area contributed by atoms with E-state index in [1.807, 2.05) is 12.1 Å². The monoisotopic (exact) mass is 321 g/mol. The lowest BCUT2D eigenvalue weighted by Crippen LogP contribution is -2.23. The molecule has 122 valence electrons. The molecule has 0 bridgehead atoms. The van der Waals surface area contributed by atoms with Gasteiger partial charge in [-0.1, -0.05) is 43.5 Å². The Kier molecular flexibility index (Phi) is 4.11. The summed E-state index contributed by atoms with van der Waals surface area (Å²) in [5, 5.41) is 14.6. The van der Waals surface area contributed by atoms with Gasteiger partial charge < -0.3 is 5.32 Å². The highest BCUT2D eigenvalue weighted by Gasteiger charge is 2.16. The maximum absolute atomic E-state index is 13.2. The Labute approximate surface area is 140 Å². The molecule has 0 aliphatic heterocycles. The first-order chi connectivity index (χ1) is 11.8. The Hall–Kier alpha value is -2.49. The van der Waals surface area contributed by atoms with E-state index in [1.165, 1.54) is 44.2 Å². The highest BCUT2D eigenvalue weighted by atomic mass is 19.1. The van der Waals surface area contributed by atoms with E-state index in [1.54, 1.807) is 12.1 Å². The lowest BCUT2D eigenvalue weighted by Gasteiger charge is -2.23. The summed E-state index contributed by atoms with van der Waals surface area (Å²) in [5.41, 5.74) is 1.67. The molecule has 1 aromatic heterocycles. The lowest BCUT2D eigenvalue weighted by molar-refractivity contribution is 0.462. The molecule has 24 heavy (non-hydrogen) atoms. The van der Waals surface area contributed by atoms with E-state index >= 15 is 0 Å². The Morgan fingerprint density at radius 3 is 2.29 bits per heavy atom. The zero-order valence-corrected chi connectivity index (χ0v) is 13.5. The van der Waals surface area contributed by atoms with Gasteiger partial charge >= 0.3 is 0 Å². The second kappa shape index (κ2) is 6.56. The molecule has 0 saturated heterocycles. The topological polar surface area (TPSA) is 37.8 Å². The van der Waals surface area contributed by atoms with Crippen LogP contribution in [0.2, 0.25) is 0 Å². The molecule has 3 nitrogen and oxygen atoms in total. The SMILES string of the molecule is Fc1ccc(-c2nnc(NC3CCCCC3)c3ccccc23)cc1. The van der Waals surface area contributed by atoms with Gasteiger partial charge in [0.2, 0.25) is 0 Å². The van der Waals surface area contributed by atoms with Crippen LogP contribution < -0.4 is 5.32 Å². The third-order valence-electron chi connectivity index (χ3n) is 4.75. The molecule has 0 amide bonds. The van der Waals surface area contributed by atoms with Crippen LogP contribution in [0.1, 0.15) is 32.1 Å². The Bertz CT molecular complexity index is 839. The van der Waals surface area contributed by atoms with Crippen LogP contribution in [0.4, 0.5) is 10.2 Å². The fourth-order valence-corrected chi connectivity index (χ4v) is 3.47. The van der Waals surface area contributed by atoms with Crippen LogP contribution in [0.15, 0.2) is 48.5 Å². The van der Waals surface area contributed by atoms with Crippen molar-refractivity contribution in [3.63, 3.8) is 0 Å². The van der Waals surface area contributed by atoms with Gasteiger partial charge in [0, 0.05) is 22.4 Å². The van der Waals surface area contributed by atoms with E-state index in [9.17, 15) is 4.39 Å². The molecule has 1 saturated carbocycles. The minimum atomic E-state index is -0.244. The quantitative estimate of drug-likeness (QED) is 0.722. The summed E-state index contributed by atoms with van der Waals surface area (Å²) in [6, 6.07) is 15.0. The van der Waals surface area contributed by atoms with Crippen molar-refractivity contribution >= 4 is 16.6 Å². The van der Waals surface area contributed by atoms with Gasteiger partial charge in [0.05, 0.1) is 0 Å². The molecule has 1 N–H and O–H groups in total. The highest BCUT2D eigenvalue weighted by Crippen LogP contribution is 2.31. The molecule has 0 radical (unpaired) electrons. The number of hydrogen-bond donors (Lipinski definition) is 1. The maximum Gasteiger partial charge on any atom is 0.156 e. The molecule has 4 rings (SSSR count). The van der Waals surface area contributed by atoms with Crippen molar-refractivity contribution in [2.75, 3.05) is 5.32 Å². The van der Waals surface area contributed by atoms with Crippen LogP contribution in [-0.2, 0) is 0 Å². The standard InChI is InChI=1S/C20H20FN3/c21-15-12-10-14(11-13-15)19-17-8-4-5-9-18(17)20(24-23-19)22-16-6-2-1-3-7-16/h4-5,8-13,16H,1-3,6-7H2,(H,22,24). The van der Waals surface area contributed by atoms with Crippen molar-refractivity contribution in [2.45, 2.75) is 38.1 Å². The molecule has 3 aromatic rings. The highest BCUT2D eigenvalue weighted by molar-refractivity contribution is 6.00. The lowest BCUT2D eigenvalue weighted by atomic mass is 9.95. The molecule has 1 aliphatic rings. The Morgan fingerprint density at radius 2 is 1.54 bits per heavy atom. The average Bonchev–Trinajstić information content (AvgIpc) is 2.64. The molecule has 4 heteroatoms. The van der Waals surface area contributed by atoms with E-state index in [4.69, 9.17) is 0 Å². The number of halogens is 1. The summed E-state index contributed by atoms with van der Waals surface area (Å²) in [5.74, 6) is 0.606. The number of aromatic nitrogens is 2. The van der Waals surface area contributed by atoms with Crippen molar-refractivity contribution in [1.82, 2.24) is 10.2 Å². The minimum absolute atomic E-state index is 0.244. The number of nitrogens with one attached hydrogen (secondary N) is 1. The van der Waals surface area contributed by atoms with Crippen molar-refractivity contribution in [2.24, 2.45) is 0 Å². The first-order valence-corrected chi connectivity index (χ1v) is 8.59. The van der Waals surface area contributed by atoms with Crippen LogP contribution >= 0.6 is 0 Å². The smallest absolute Gasteiger partial charge is 0.156 e. The summed E-state index contributed by atoms with van der Waals surface area (Å²) in [7, 11) is 0. The largest absolute Gasteiger partial charge is 0.365 e. The second-order valence-electron chi connectivity index (χ2n) is 6.43. The first-order valence-electron chi connectivity index (χ1n) is 8.59. The van der Waals surface area contributed by atoms with Crippen LogP contribution in [0.3, 0.4) is 0 Å². The van der Waals surface area contributed by atoms with Gasteiger partial charge in [0.15, 0.2) is 5.82 Å². The molecule has 2 aromatic carbocycles. The summed E-state index contributed by atoms with van der Waals surface area (Å²) in [6.45, 7) is 0. The number of anilines is 1. The fraction of sp³-hybridized carbons (Fsp3) is 0.300. The predicted octanol–water partition coefficient (Wildman–Crippen LogP) is 5.18. The van der Waals surface area contributed by atoms with Crippen LogP contribution in [0.5, 0.6) is 0 Å². The Morgan fingerprint density at radius 1 is 0.833 bits per heavy atom. The zero-order chi connectivity index (χ0) is 16.4. The number of rotatable bonds is 3. The minimum Gasteiger partial charge on any atom is -0.365 e. The summed E-state index contributed by atoms with van der Waals surface area (Å²) < 4.78 is 13.2.